The molecule has 3 heterocycles. The second-order valence-corrected chi connectivity index (χ2v) is 8.19. The fourth-order valence-electron chi connectivity index (χ4n) is 3.78. The normalized spacial score (nSPS) is 14.2. The van der Waals surface area contributed by atoms with Crippen molar-refractivity contribution in [1.82, 2.24) is 19.1 Å². The fourth-order valence-corrected chi connectivity index (χ4v) is 4.36. The molecule has 1 aliphatic rings. The van der Waals surface area contributed by atoms with Crippen molar-refractivity contribution < 1.29 is 0 Å². The van der Waals surface area contributed by atoms with Gasteiger partial charge in [0.15, 0.2) is 11.5 Å². The Morgan fingerprint density at radius 2 is 2.00 bits per heavy atom. The van der Waals surface area contributed by atoms with E-state index >= 15 is 0 Å². The number of halogens is 1. The first-order valence-electron chi connectivity index (χ1n) is 9.47. The van der Waals surface area contributed by atoms with Crippen molar-refractivity contribution in [3.8, 4) is 5.69 Å². The molecule has 0 N–H and O–H groups in total. The monoisotopic (exact) mass is 429 g/mol. The zero-order chi connectivity index (χ0) is 19.3. The Bertz CT molecular complexity index is 1080. The van der Waals surface area contributed by atoms with E-state index in [-0.39, 0.29) is 5.69 Å². The summed E-state index contributed by atoms with van der Waals surface area (Å²) in [5, 5.41) is 0. The van der Waals surface area contributed by atoms with Crippen LogP contribution in [0.1, 0.15) is 44.5 Å². The van der Waals surface area contributed by atoms with Gasteiger partial charge in [-0.3, -0.25) is 4.57 Å². The Balaban J connectivity index is 2.05. The summed E-state index contributed by atoms with van der Waals surface area (Å²) in [5.41, 5.74) is 3.51. The molecule has 7 heteroatoms. The predicted octanol–water partition coefficient (Wildman–Crippen LogP) is 4.01. The van der Waals surface area contributed by atoms with Gasteiger partial charge >= 0.3 is 5.69 Å². The van der Waals surface area contributed by atoms with Crippen molar-refractivity contribution in [2.45, 2.75) is 46.6 Å². The number of nitrogens with zero attached hydrogens (tertiary/aromatic N) is 5. The van der Waals surface area contributed by atoms with E-state index in [0.29, 0.717) is 23.9 Å². The summed E-state index contributed by atoms with van der Waals surface area (Å²) in [6, 6.07) is 6.18. The summed E-state index contributed by atoms with van der Waals surface area (Å²) in [6.07, 6.45) is 0.912. The van der Waals surface area contributed by atoms with Crippen LogP contribution in [0.25, 0.3) is 16.9 Å². The quantitative estimate of drug-likeness (QED) is 0.630. The van der Waals surface area contributed by atoms with Crippen molar-refractivity contribution in [2.75, 3.05) is 18.0 Å². The molecular formula is C20H24BrN5O. The Morgan fingerprint density at radius 1 is 1.22 bits per heavy atom. The summed E-state index contributed by atoms with van der Waals surface area (Å²) >= 11 is 3.67. The molecule has 1 aromatic carbocycles. The van der Waals surface area contributed by atoms with Crippen LogP contribution < -0.4 is 10.6 Å². The number of hydrogen-bond donors (Lipinski definition) is 0. The van der Waals surface area contributed by atoms with Crippen molar-refractivity contribution >= 4 is 32.9 Å². The average molecular weight is 430 g/mol. The topological polar surface area (TPSA) is 56.0 Å². The molecule has 0 aliphatic carbocycles. The summed E-state index contributed by atoms with van der Waals surface area (Å²) in [7, 11) is 0. The minimum Gasteiger partial charge on any atom is -0.355 e. The third-order valence-corrected chi connectivity index (χ3v) is 5.87. The van der Waals surface area contributed by atoms with Gasteiger partial charge in [-0.2, -0.15) is 0 Å². The maximum Gasteiger partial charge on any atom is 0.335 e. The fraction of sp³-hybridized carbons (Fsp3) is 0.450. The van der Waals surface area contributed by atoms with Crippen LogP contribution in [0.4, 0.5) is 5.82 Å². The van der Waals surface area contributed by atoms with Gasteiger partial charge in [-0.15, -0.1) is 0 Å². The molecule has 0 atom stereocenters. The van der Waals surface area contributed by atoms with Gasteiger partial charge in [-0.25, -0.2) is 19.3 Å². The van der Waals surface area contributed by atoms with Crippen LogP contribution in [-0.4, -0.2) is 32.2 Å². The van der Waals surface area contributed by atoms with Crippen LogP contribution in [0.3, 0.4) is 0 Å². The lowest BCUT2D eigenvalue weighted by Gasteiger charge is -2.20. The first-order valence-corrected chi connectivity index (χ1v) is 10.3. The standard InChI is InChI=1S/C20H24BrN5O/c1-5-24-9-6-10-25-17-18(24)22-13(4)23-19(17)26(20(25)27)16-8-7-14(12(2)3)11-15(16)21/h7-8,11-12H,5-6,9-10H2,1-4H3. The lowest BCUT2D eigenvalue weighted by atomic mass is 10.0. The van der Waals surface area contributed by atoms with Crippen LogP contribution in [0.5, 0.6) is 0 Å². The third-order valence-electron chi connectivity index (χ3n) is 5.23. The zero-order valence-electron chi connectivity index (χ0n) is 16.2. The van der Waals surface area contributed by atoms with Crippen molar-refractivity contribution in [3.05, 3.63) is 44.5 Å². The van der Waals surface area contributed by atoms with Crippen molar-refractivity contribution in [2.24, 2.45) is 0 Å². The van der Waals surface area contributed by atoms with Gasteiger partial charge in [0.2, 0.25) is 0 Å². The summed E-state index contributed by atoms with van der Waals surface area (Å²) < 4.78 is 4.46. The molecular weight excluding hydrogens is 406 g/mol. The van der Waals surface area contributed by atoms with E-state index in [1.165, 1.54) is 5.56 Å². The first kappa shape index (κ1) is 18.2. The van der Waals surface area contributed by atoms with Crippen LogP contribution in [0.15, 0.2) is 27.5 Å². The second kappa shape index (κ2) is 6.78. The molecule has 0 bridgehead atoms. The molecule has 6 nitrogen and oxygen atoms in total. The Hall–Kier alpha value is -2.15. The number of rotatable bonds is 3. The van der Waals surface area contributed by atoms with E-state index in [2.05, 4.69) is 63.7 Å². The maximum atomic E-state index is 13.4. The van der Waals surface area contributed by atoms with Gasteiger partial charge in [-0.05, 0) is 59.8 Å². The molecule has 142 valence electrons. The largest absolute Gasteiger partial charge is 0.355 e. The Labute approximate surface area is 167 Å². The SMILES string of the molecule is CCN1CCCn2c(=O)n(-c3ccc(C(C)C)cc3Br)c3nc(C)nc1c32. The number of imidazole rings is 1. The van der Waals surface area contributed by atoms with Gasteiger partial charge in [0.25, 0.3) is 0 Å². The summed E-state index contributed by atoms with van der Waals surface area (Å²) in [6.45, 7) is 10.8. The third kappa shape index (κ3) is 2.88. The predicted molar refractivity (Wildman–Crippen MR) is 112 cm³/mol. The molecule has 4 rings (SSSR count). The molecule has 2 aromatic heterocycles. The van der Waals surface area contributed by atoms with Gasteiger partial charge in [0, 0.05) is 24.1 Å². The van der Waals surface area contributed by atoms with Crippen LogP contribution in [0, 0.1) is 6.92 Å². The highest BCUT2D eigenvalue weighted by atomic mass is 79.9. The lowest BCUT2D eigenvalue weighted by Crippen LogP contribution is -2.26. The molecule has 0 fully saturated rings. The van der Waals surface area contributed by atoms with Crippen LogP contribution >= 0.6 is 15.9 Å². The van der Waals surface area contributed by atoms with E-state index in [0.717, 1.165) is 41.0 Å². The average Bonchev–Trinajstić information content (AvgIpc) is 2.78. The number of hydrogen-bond acceptors (Lipinski definition) is 4. The molecule has 1 aliphatic heterocycles. The van der Waals surface area contributed by atoms with E-state index in [1.54, 1.807) is 4.57 Å². The van der Waals surface area contributed by atoms with Crippen molar-refractivity contribution in [3.63, 3.8) is 0 Å². The molecule has 3 aromatic rings. The van der Waals surface area contributed by atoms with Gasteiger partial charge in [-0.1, -0.05) is 19.9 Å². The highest BCUT2D eigenvalue weighted by Crippen LogP contribution is 2.31. The highest BCUT2D eigenvalue weighted by molar-refractivity contribution is 9.10. The minimum atomic E-state index is -0.0536. The molecule has 0 unspecified atom stereocenters. The Morgan fingerprint density at radius 3 is 2.67 bits per heavy atom. The molecule has 0 amide bonds. The van der Waals surface area contributed by atoms with Crippen LogP contribution in [0.2, 0.25) is 0 Å². The van der Waals surface area contributed by atoms with E-state index in [9.17, 15) is 4.79 Å². The summed E-state index contributed by atoms with van der Waals surface area (Å²) in [4.78, 5) is 24.9. The molecule has 0 saturated carbocycles. The Kier molecular flexibility index (Phi) is 4.58. The first-order chi connectivity index (χ1) is 12.9. The van der Waals surface area contributed by atoms with E-state index in [4.69, 9.17) is 0 Å². The van der Waals surface area contributed by atoms with Crippen molar-refractivity contribution in [1.29, 1.82) is 0 Å². The molecule has 0 radical (unpaired) electrons. The zero-order valence-corrected chi connectivity index (χ0v) is 17.7. The minimum absolute atomic E-state index is 0.0536. The number of aromatic nitrogens is 4. The van der Waals surface area contributed by atoms with Gasteiger partial charge in [0.05, 0.1) is 5.69 Å². The van der Waals surface area contributed by atoms with Crippen LogP contribution in [-0.2, 0) is 6.54 Å². The maximum absolute atomic E-state index is 13.4. The van der Waals surface area contributed by atoms with E-state index in [1.807, 2.05) is 17.6 Å². The summed E-state index contributed by atoms with van der Waals surface area (Å²) in [5.74, 6) is 1.97. The number of anilines is 1. The number of aryl methyl sites for hydroxylation is 2. The second-order valence-electron chi connectivity index (χ2n) is 7.34. The highest BCUT2D eigenvalue weighted by Gasteiger charge is 2.26. The lowest BCUT2D eigenvalue weighted by molar-refractivity contribution is 0.633. The molecule has 0 spiro atoms. The van der Waals surface area contributed by atoms with E-state index < -0.39 is 0 Å². The van der Waals surface area contributed by atoms with Gasteiger partial charge < -0.3 is 4.90 Å². The number of benzene rings is 1. The van der Waals surface area contributed by atoms with Gasteiger partial charge in [0.1, 0.15) is 11.3 Å². The smallest absolute Gasteiger partial charge is 0.335 e. The molecule has 0 saturated heterocycles. The molecule has 27 heavy (non-hydrogen) atoms.